The Bertz CT molecular complexity index is 660. The molecule has 0 fully saturated rings. The summed E-state index contributed by atoms with van der Waals surface area (Å²) in [6, 6.07) is 8.29. The van der Waals surface area contributed by atoms with Crippen LogP contribution in [0.25, 0.3) is 0 Å². The molecule has 23 heavy (non-hydrogen) atoms. The average Bonchev–Trinajstić information content (AvgIpc) is 2.53. The smallest absolute Gasteiger partial charge is 0.419 e. The van der Waals surface area contributed by atoms with Gasteiger partial charge in [0, 0.05) is 18.9 Å². The van der Waals surface area contributed by atoms with E-state index in [1.165, 1.54) is 25.1 Å². The van der Waals surface area contributed by atoms with Crippen LogP contribution in [0, 0.1) is 0 Å². The number of pyridine rings is 1. The van der Waals surface area contributed by atoms with Gasteiger partial charge < -0.3 is 10.1 Å². The maximum atomic E-state index is 12.9. The topological polar surface area (TPSA) is 51.2 Å². The second kappa shape index (κ2) is 7.13. The zero-order valence-corrected chi connectivity index (χ0v) is 12.3. The Morgan fingerprint density at radius 1 is 1.26 bits per heavy atom. The number of carbonyl (C=O) groups excluding carboxylic acids is 1. The number of alkyl halides is 3. The highest BCUT2D eigenvalue weighted by Gasteiger charge is 2.34. The second-order valence-corrected chi connectivity index (χ2v) is 4.83. The molecule has 0 saturated carbocycles. The van der Waals surface area contributed by atoms with Crippen molar-refractivity contribution < 1.29 is 22.7 Å². The normalized spacial score (nSPS) is 12.5. The van der Waals surface area contributed by atoms with Crippen LogP contribution in [-0.4, -0.2) is 17.0 Å². The molecule has 4 nitrogen and oxygen atoms in total. The molecule has 1 heterocycles. The van der Waals surface area contributed by atoms with Crippen molar-refractivity contribution in [2.45, 2.75) is 25.7 Å². The SMILES string of the molecule is CC(Oc1ccccc1C(F)(F)F)C(=O)NCc1cccnc1. The summed E-state index contributed by atoms with van der Waals surface area (Å²) in [5, 5.41) is 2.59. The highest BCUT2D eigenvalue weighted by Crippen LogP contribution is 2.36. The Kier molecular flexibility index (Phi) is 5.20. The molecule has 0 bridgehead atoms. The molecule has 1 unspecified atom stereocenters. The number of benzene rings is 1. The van der Waals surface area contributed by atoms with E-state index in [1.54, 1.807) is 24.5 Å². The number of ether oxygens (including phenoxy) is 1. The highest BCUT2D eigenvalue weighted by molar-refractivity contribution is 5.80. The summed E-state index contributed by atoms with van der Waals surface area (Å²) in [6.07, 6.45) is -2.41. The Morgan fingerprint density at radius 2 is 2.00 bits per heavy atom. The first kappa shape index (κ1) is 16.8. The van der Waals surface area contributed by atoms with Crippen molar-refractivity contribution in [3.05, 3.63) is 59.9 Å². The summed E-state index contributed by atoms with van der Waals surface area (Å²) in [6.45, 7) is 1.62. The third-order valence-corrected chi connectivity index (χ3v) is 3.05. The van der Waals surface area contributed by atoms with Gasteiger partial charge in [-0.15, -0.1) is 0 Å². The van der Waals surface area contributed by atoms with Crippen LogP contribution in [0.1, 0.15) is 18.1 Å². The van der Waals surface area contributed by atoms with Gasteiger partial charge in [0.05, 0.1) is 5.56 Å². The molecule has 2 aromatic rings. The summed E-state index contributed by atoms with van der Waals surface area (Å²) in [5.41, 5.74) is -0.129. The van der Waals surface area contributed by atoms with Gasteiger partial charge in [-0.3, -0.25) is 9.78 Å². The average molecular weight is 324 g/mol. The number of carbonyl (C=O) groups is 1. The molecule has 1 aromatic carbocycles. The molecule has 1 N–H and O–H groups in total. The molecule has 0 aliphatic rings. The van der Waals surface area contributed by atoms with Gasteiger partial charge in [0.2, 0.25) is 0 Å². The van der Waals surface area contributed by atoms with Crippen LogP contribution in [-0.2, 0) is 17.5 Å². The summed E-state index contributed by atoms with van der Waals surface area (Å²) in [4.78, 5) is 15.9. The monoisotopic (exact) mass is 324 g/mol. The van der Waals surface area contributed by atoms with Crippen LogP contribution in [0.2, 0.25) is 0 Å². The fraction of sp³-hybridized carbons (Fsp3) is 0.250. The quantitative estimate of drug-likeness (QED) is 0.919. The number of para-hydroxylation sites is 1. The van der Waals surface area contributed by atoms with E-state index in [0.717, 1.165) is 11.6 Å². The third-order valence-electron chi connectivity index (χ3n) is 3.05. The van der Waals surface area contributed by atoms with Crippen molar-refractivity contribution in [1.29, 1.82) is 0 Å². The van der Waals surface area contributed by atoms with Crippen LogP contribution < -0.4 is 10.1 Å². The van der Waals surface area contributed by atoms with Crippen LogP contribution in [0.4, 0.5) is 13.2 Å². The van der Waals surface area contributed by atoms with E-state index in [4.69, 9.17) is 4.74 Å². The number of aromatic nitrogens is 1. The highest BCUT2D eigenvalue weighted by atomic mass is 19.4. The standard InChI is InChI=1S/C16H15F3N2O2/c1-11(15(22)21-10-12-5-4-8-20-9-12)23-14-7-3-2-6-13(14)16(17,18)19/h2-9,11H,10H2,1H3,(H,21,22). The van der Waals surface area contributed by atoms with E-state index >= 15 is 0 Å². The number of amides is 1. The zero-order chi connectivity index (χ0) is 16.9. The number of hydrogen-bond donors (Lipinski definition) is 1. The first-order valence-electron chi connectivity index (χ1n) is 6.87. The minimum Gasteiger partial charge on any atom is -0.480 e. The summed E-state index contributed by atoms with van der Waals surface area (Å²) in [7, 11) is 0. The molecular formula is C16H15F3N2O2. The lowest BCUT2D eigenvalue weighted by molar-refractivity contribution is -0.140. The van der Waals surface area contributed by atoms with Crippen molar-refractivity contribution in [2.75, 3.05) is 0 Å². The van der Waals surface area contributed by atoms with E-state index in [0.29, 0.717) is 0 Å². The molecule has 7 heteroatoms. The lowest BCUT2D eigenvalue weighted by atomic mass is 10.2. The summed E-state index contributed by atoms with van der Waals surface area (Å²) in [5.74, 6) is -0.880. The minimum atomic E-state index is -4.54. The largest absolute Gasteiger partial charge is 0.480 e. The van der Waals surface area contributed by atoms with Crippen molar-refractivity contribution in [1.82, 2.24) is 10.3 Å². The number of nitrogens with one attached hydrogen (secondary N) is 1. The predicted octanol–water partition coefficient (Wildman–Crippen LogP) is 3.18. The number of nitrogens with zero attached hydrogens (tertiary/aromatic N) is 1. The van der Waals surface area contributed by atoms with Crippen LogP contribution in [0.5, 0.6) is 5.75 Å². The molecular weight excluding hydrogens is 309 g/mol. The van der Waals surface area contributed by atoms with Gasteiger partial charge in [-0.25, -0.2) is 0 Å². The van der Waals surface area contributed by atoms with Gasteiger partial charge >= 0.3 is 6.18 Å². The molecule has 1 aromatic heterocycles. The van der Waals surface area contributed by atoms with Crippen LogP contribution in [0.15, 0.2) is 48.8 Å². The molecule has 2 rings (SSSR count). The van der Waals surface area contributed by atoms with Gasteiger partial charge in [-0.1, -0.05) is 18.2 Å². The van der Waals surface area contributed by atoms with Crippen molar-refractivity contribution in [3.8, 4) is 5.75 Å². The third kappa shape index (κ3) is 4.70. The van der Waals surface area contributed by atoms with E-state index in [-0.39, 0.29) is 12.3 Å². The number of hydrogen-bond acceptors (Lipinski definition) is 3. The van der Waals surface area contributed by atoms with Gasteiger partial charge in [-0.05, 0) is 30.7 Å². The van der Waals surface area contributed by atoms with Crippen molar-refractivity contribution >= 4 is 5.91 Å². The second-order valence-electron chi connectivity index (χ2n) is 4.83. The Labute approximate surface area is 131 Å². The van der Waals surface area contributed by atoms with Crippen molar-refractivity contribution in [3.63, 3.8) is 0 Å². The molecule has 122 valence electrons. The van der Waals surface area contributed by atoms with E-state index in [9.17, 15) is 18.0 Å². The van der Waals surface area contributed by atoms with Gasteiger partial charge in [-0.2, -0.15) is 13.2 Å². The first-order chi connectivity index (χ1) is 10.9. The predicted molar refractivity (Wildman–Crippen MR) is 77.6 cm³/mol. The molecule has 0 radical (unpaired) electrons. The lowest BCUT2D eigenvalue weighted by Gasteiger charge is -2.18. The summed E-state index contributed by atoms with van der Waals surface area (Å²) >= 11 is 0. The number of halogens is 3. The molecule has 0 aliphatic heterocycles. The molecule has 1 atom stereocenters. The maximum Gasteiger partial charge on any atom is 0.419 e. The van der Waals surface area contributed by atoms with Crippen LogP contribution >= 0.6 is 0 Å². The lowest BCUT2D eigenvalue weighted by Crippen LogP contribution is -2.36. The molecule has 1 amide bonds. The van der Waals surface area contributed by atoms with Gasteiger partial charge in [0.1, 0.15) is 5.75 Å². The Hall–Kier alpha value is -2.57. The van der Waals surface area contributed by atoms with Crippen LogP contribution in [0.3, 0.4) is 0 Å². The van der Waals surface area contributed by atoms with Gasteiger partial charge in [0.15, 0.2) is 6.10 Å². The van der Waals surface area contributed by atoms with E-state index in [1.807, 2.05) is 0 Å². The Morgan fingerprint density at radius 3 is 2.65 bits per heavy atom. The molecule has 0 spiro atoms. The maximum absolute atomic E-state index is 12.9. The minimum absolute atomic E-state index is 0.224. The van der Waals surface area contributed by atoms with Crippen molar-refractivity contribution in [2.24, 2.45) is 0 Å². The zero-order valence-electron chi connectivity index (χ0n) is 12.3. The van der Waals surface area contributed by atoms with E-state index in [2.05, 4.69) is 10.3 Å². The fourth-order valence-corrected chi connectivity index (χ4v) is 1.88. The van der Waals surface area contributed by atoms with Gasteiger partial charge in [0.25, 0.3) is 5.91 Å². The fourth-order valence-electron chi connectivity index (χ4n) is 1.88. The molecule has 0 saturated heterocycles. The summed E-state index contributed by atoms with van der Waals surface area (Å²) < 4.78 is 43.8. The first-order valence-corrected chi connectivity index (χ1v) is 6.87. The number of rotatable bonds is 5. The molecule has 0 aliphatic carbocycles. The van der Waals surface area contributed by atoms with E-state index < -0.39 is 23.8 Å². The Balaban J connectivity index is 1.99.